The Hall–Kier alpha value is -1.76. The fraction of sp³-hybridized carbons (Fsp3) is 0.167. The number of halogens is 3. The molecule has 0 amide bonds. The molecule has 0 fully saturated rings. The van der Waals surface area contributed by atoms with Crippen molar-refractivity contribution in [2.45, 2.75) is 13.5 Å². The zero-order valence-electron chi connectivity index (χ0n) is 9.71. The topological polar surface area (TPSA) is 59.3 Å². The number of aryl methyl sites for hydroxylation is 1. The third kappa shape index (κ3) is 2.03. The number of carbonyl (C=O) groups is 1. The molecular weight excluding hydrogens is 324 g/mol. The summed E-state index contributed by atoms with van der Waals surface area (Å²) < 4.78 is 28.1. The molecule has 0 saturated heterocycles. The average molecular weight is 332 g/mol. The van der Waals surface area contributed by atoms with Crippen molar-refractivity contribution < 1.29 is 18.7 Å². The molecule has 19 heavy (non-hydrogen) atoms. The van der Waals surface area contributed by atoms with Crippen LogP contribution in [0.2, 0.25) is 0 Å². The van der Waals surface area contributed by atoms with Gasteiger partial charge in [0.05, 0.1) is 15.4 Å². The van der Waals surface area contributed by atoms with Crippen LogP contribution in [0, 0.1) is 11.6 Å². The van der Waals surface area contributed by atoms with Crippen LogP contribution in [0.3, 0.4) is 0 Å². The first-order valence-electron chi connectivity index (χ1n) is 5.32. The van der Waals surface area contributed by atoms with Crippen molar-refractivity contribution in [2.75, 3.05) is 0 Å². The number of hydrogen-bond acceptors (Lipinski definition) is 2. The third-order valence-corrected chi connectivity index (χ3v) is 3.49. The van der Waals surface area contributed by atoms with Gasteiger partial charge in [-0.2, -0.15) is 0 Å². The Morgan fingerprint density at radius 3 is 2.63 bits per heavy atom. The highest BCUT2D eigenvalue weighted by atomic mass is 79.9. The van der Waals surface area contributed by atoms with Gasteiger partial charge in [0.25, 0.3) is 0 Å². The van der Waals surface area contributed by atoms with Crippen molar-refractivity contribution in [2.24, 2.45) is 0 Å². The maximum Gasteiger partial charge on any atom is 0.341 e. The molecule has 0 saturated carbocycles. The molecule has 0 bridgehead atoms. The quantitative estimate of drug-likeness (QED) is 0.861. The van der Waals surface area contributed by atoms with Crippen molar-refractivity contribution in [1.29, 1.82) is 0 Å². The van der Waals surface area contributed by atoms with Gasteiger partial charge < -0.3 is 9.67 Å². The molecule has 0 aliphatic carbocycles. The minimum Gasteiger partial charge on any atom is -0.477 e. The molecule has 0 radical (unpaired) electrons. The molecular formula is C12H8BrF2NO3. The number of aromatic carboxylic acids is 1. The summed E-state index contributed by atoms with van der Waals surface area (Å²) in [6, 6.07) is 0.719. The van der Waals surface area contributed by atoms with Crippen LogP contribution in [0.25, 0.3) is 10.9 Å². The van der Waals surface area contributed by atoms with Crippen molar-refractivity contribution >= 4 is 32.8 Å². The molecule has 100 valence electrons. The van der Waals surface area contributed by atoms with Crippen LogP contribution in [0.15, 0.2) is 21.5 Å². The Bertz CT molecular complexity index is 755. The molecule has 0 aliphatic heterocycles. The van der Waals surface area contributed by atoms with Gasteiger partial charge in [0, 0.05) is 12.7 Å². The highest BCUT2D eigenvalue weighted by Crippen LogP contribution is 2.27. The number of carboxylic acid groups (broad SMARTS) is 1. The molecule has 7 heteroatoms. The maximum atomic E-state index is 13.5. The molecule has 2 aromatic rings. The normalized spacial score (nSPS) is 10.9. The highest BCUT2D eigenvalue weighted by Gasteiger charge is 2.20. The Morgan fingerprint density at radius 1 is 1.47 bits per heavy atom. The Labute approximate surface area is 114 Å². The van der Waals surface area contributed by atoms with Gasteiger partial charge in [-0.05, 0) is 28.9 Å². The second-order valence-electron chi connectivity index (χ2n) is 3.85. The van der Waals surface area contributed by atoms with E-state index in [2.05, 4.69) is 15.9 Å². The lowest BCUT2D eigenvalue weighted by Gasteiger charge is -2.12. The lowest BCUT2D eigenvalue weighted by atomic mass is 10.1. The lowest BCUT2D eigenvalue weighted by Crippen LogP contribution is -2.19. The summed E-state index contributed by atoms with van der Waals surface area (Å²) in [6.07, 6.45) is 1.12. The Balaban J connectivity index is 3.08. The predicted molar refractivity (Wildman–Crippen MR) is 68.5 cm³/mol. The summed E-state index contributed by atoms with van der Waals surface area (Å²) in [5.41, 5.74) is -1.18. The minimum atomic E-state index is -1.41. The smallest absolute Gasteiger partial charge is 0.341 e. The maximum absolute atomic E-state index is 13.5. The largest absolute Gasteiger partial charge is 0.477 e. The number of benzene rings is 1. The summed E-state index contributed by atoms with van der Waals surface area (Å²) in [5.74, 6) is -3.73. The van der Waals surface area contributed by atoms with E-state index >= 15 is 0 Å². The van der Waals surface area contributed by atoms with Gasteiger partial charge in [0.1, 0.15) is 5.56 Å². The summed E-state index contributed by atoms with van der Waals surface area (Å²) >= 11 is 2.90. The standard InChI is InChI=1S/C12H8BrF2NO3/c1-2-16-4-6(12(18)19)11(17)5-3-7(14)9(15)8(13)10(5)16/h3-4H,2H2,1H3,(H,18,19). The van der Waals surface area contributed by atoms with Crippen LogP contribution in [0.4, 0.5) is 8.78 Å². The predicted octanol–water partition coefficient (Wildman–Crippen LogP) is 2.76. The first kappa shape index (κ1) is 13.7. The van der Waals surface area contributed by atoms with Crippen LogP contribution in [0.1, 0.15) is 17.3 Å². The number of rotatable bonds is 2. The second kappa shape index (κ2) is 4.73. The van der Waals surface area contributed by atoms with E-state index in [1.165, 1.54) is 4.57 Å². The second-order valence-corrected chi connectivity index (χ2v) is 4.64. The van der Waals surface area contributed by atoms with Crippen LogP contribution in [0.5, 0.6) is 0 Å². The van der Waals surface area contributed by atoms with Crippen LogP contribution in [-0.4, -0.2) is 15.6 Å². The molecule has 1 aromatic heterocycles. The lowest BCUT2D eigenvalue weighted by molar-refractivity contribution is 0.0695. The van der Waals surface area contributed by atoms with Crippen molar-refractivity contribution in [3.05, 3.63) is 44.2 Å². The summed E-state index contributed by atoms with van der Waals surface area (Å²) in [7, 11) is 0. The van der Waals surface area contributed by atoms with Crippen LogP contribution < -0.4 is 5.43 Å². The van der Waals surface area contributed by atoms with E-state index in [4.69, 9.17) is 5.11 Å². The van der Waals surface area contributed by atoms with Gasteiger partial charge in [-0.3, -0.25) is 4.79 Å². The Kier molecular flexibility index (Phi) is 3.40. The van der Waals surface area contributed by atoms with Crippen LogP contribution >= 0.6 is 15.9 Å². The first-order valence-corrected chi connectivity index (χ1v) is 6.11. The zero-order valence-corrected chi connectivity index (χ0v) is 11.3. The highest BCUT2D eigenvalue weighted by molar-refractivity contribution is 9.10. The molecule has 0 atom stereocenters. The Morgan fingerprint density at radius 2 is 2.11 bits per heavy atom. The van der Waals surface area contributed by atoms with Crippen LogP contribution in [-0.2, 0) is 6.54 Å². The van der Waals surface area contributed by atoms with Gasteiger partial charge in [0.2, 0.25) is 5.43 Å². The molecule has 0 aliphatic rings. The van der Waals surface area contributed by atoms with Gasteiger partial charge in [-0.15, -0.1) is 0 Å². The van der Waals surface area contributed by atoms with E-state index in [1.807, 2.05) is 0 Å². The SMILES string of the molecule is CCn1cc(C(=O)O)c(=O)c2cc(F)c(F)c(Br)c21. The van der Waals surface area contributed by atoms with E-state index in [0.29, 0.717) is 6.54 Å². The van der Waals surface area contributed by atoms with Crippen molar-refractivity contribution in [3.8, 4) is 0 Å². The van der Waals surface area contributed by atoms with Crippen molar-refractivity contribution in [1.82, 2.24) is 4.57 Å². The summed E-state index contributed by atoms with van der Waals surface area (Å²) in [5, 5.41) is 8.77. The van der Waals surface area contributed by atoms with E-state index in [0.717, 1.165) is 12.3 Å². The number of aromatic nitrogens is 1. The molecule has 1 heterocycles. The van der Waals surface area contributed by atoms with E-state index < -0.39 is 28.6 Å². The molecule has 2 rings (SSSR count). The molecule has 1 aromatic carbocycles. The number of pyridine rings is 1. The van der Waals surface area contributed by atoms with Gasteiger partial charge in [-0.25, -0.2) is 13.6 Å². The van der Waals surface area contributed by atoms with Gasteiger partial charge >= 0.3 is 5.97 Å². The molecule has 1 N–H and O–H groups in total. The van der Waals surface area contributed by atoms with E-state index in [9.17, 15) is 18.4 Å². The van der Waals surface area contributed by atoms with Gasteiger partial charge in [-0.1, -0.05) is 0 Å². The minimum absolute atomic E-state index is 0.136. The third-order valence-electron chi connectivity index (χ3n) is 2.77. The van der Waals surface area contributed by atoms with Gasteiger partial charge in [0.15, 0.2) is 11.6 Å². The fourth-order valence-corrected chi connectivity index (χ4v) is 2.50. The van der Waals surface area contributed by atoms with E-state index in [-0.39, 0.29) is 15.4 Å². The summed E-state index contributed by atoms with van der Waals surface area (Å²) in [4.78, 5) is 22.9. The summed E-state index contributed by atoms with van der Waals surface area (Å²) in [6.45, 7) is 2.00. The number of fused-ring (bicyclic) bond motifs is 1. The molecule has 0 unspecified atom stereocenters. The fourth-order valence-electron chi connectivity index (χ4n) is 1.87. The number of nitrogens with zero attached hydrogens (tertiary/aromatic N) is 1. The number of carboxylic acids is 1. The van der Waals surface area contributed by atoms with Crippen molar-refractivity contribution in [3.63, 3.8) is 0 Å². The first-order chi connectivity index (χ1) is 8.88. The zero-order chi connectivity index (χ0) is 14.3. The average Bonchev–Trinajstić information content (AvgIpc) is 2.37. The molecule has 4 nitrogen and oxygen atoms in total. The number of hydrogen-bond donors (Lipinski definition) is 1. The molecule has 0 spiro atoms. The van der Waals surface area contributed by atoms with E-state index in [1.54, 1.807) is 6.92 Å². The monoisotopic (exact) mass is 331 g/mol.